The smallest absolute Gasteiger partial charge is 0.328 e. The molecular weight excluding hydrogens is 364 g/mol. The average Bonchev–Trinajstić information content (AvgIpc) is 2.53. The number of urea groups is 1. The van der Waals surface area contributed by atoms with Gasteiger partial charge in [0.1, 0.15) is 0 Å². The molecule has 0 aromatic heterocycles. The van der Waals surface area contributed by atoms with E-state index in [1.54, 1.807) is 0 Å². The first kappa shape index (κ1) is 20.3. The summed E-state index contributed by atoms with van der Waals surface area (Å²) in [5.74, 6) is 0. The van der Waals surface area contributed by atoms with Crippen LogP contribution < -0.4 is 5.73 Å². The Bertz CT molecular complexity index is 618. The van der Waals surface area contributed by atoms with E-state index in [-0.39, 0.29) is 24.2 Å². The van der Waals surface area contributed by atoms with Gasteiger partial charge < -0.3 is 15.5 Å². The van der Waals surface area contributed by atoms with Crippen molar-refractivity contribution in [2.45, 2.75) is 37.8 Å². The van der Waals surface area contributed by atoms with Crippen molar-refractivity contribution in [1.82, 2.24) is 9.80 Å². The van der Waals surface area contributed by atoms with Gasteiger partial charge in [-0.1, -0.05) is 0 Å². The minimum absolute atomic E-state index is 0.0119. The third-order valence-corrected chi connectivity index (χ3v) is 4.20. The molecule has 1 fully saturated rings. The molecule has 0 spiro atoms. The Hall–Kier alpha value is -1.97. The molecule has 2 N–H and O–H groups in total. The molecule has 2 rings (SSSR count). The number of hydrogen-bond acceptors (Lipinski definition) is 2. The summed E-state index contributed by atoms with van der Waals surface area (Å²) in [4.78, 5) is 14.9. The lowest BCUT2D eigenvalue weighted by Crippen LogP contribution is -2.47. The first-order valence-electron chi connectivity index (χ1n) is 7.92. The summed E-state index contributed by atoms with van der Waals surface area (Å²) in [7, 11) is 1.34. The standard InChI is InChI=1S/C16H19F6N3O/c1-24(14(26)25-4-2-13(23)3-5-25)9-10-6-11(15(17,18)19)8-12(7-10)16(20,21)22/h6-8,13H,2-5,9,23H2,1H3. The number of carbonyl (C=O) groups is 1. The third-order valence-electron chi connectivity index (χ3n) is 4.20. The van der Waals surface area contributed by atoms with Crippen LogP contribution in [0.4, 0.5) is 31.1 Å². The van der Waals surface area contributed by atoms with Gasteiger partial charge in [0.2, 0.25) is 0 Å². The molecule has 26 heavy (non-hydrogen) atoms. The highest BCUT2D eigenvalue weighted by Crippen LogP contribution is 2.36. The number of piperidine rings is 1. The summed E-state index contributed by atoms with van der Waals surface area (Å²) in [5, 5.41) is 0. The van der Waals surface area contributed by atoms with Crippen molar-refractivity contribution in [3.63, 3.8) is 0 Å². The van der Waals surface area contributed by atoms with Gasteiger partial charge in [0.05, 0.1) is 11.1 Å². The van der Waals surface area contributed by atoms with Crippen molar-refractivity contribution in [2.75, 3.05) is 20.1 Å². The Morgan fingerprint density at radius 3 is 1.96 bits per heavy atom. The fraction of sp³-hybridized carbons (Fsp3) is 0.562. The molecule has 1 aromatic carbocycles. The van der Waals surface area contributed by atoms with E-state index >= 15 is 0 Å². The van der Waals surface area contributed by atoms with E-state index in [2.05, 4.69) is 0 Å². The van der Waals surface area contributed by atoms with E-state index in [1.807, 2.05) is 0 Å². The van der Waals surface area contributed by atoms with E-state index < -0.39 is 29.5 Å². The normalized spacial score (nSPS) is 16.7. The van der Waals surface area contributed by atoms with Gasteiger partial charge in [0.15, 0.2) is 0 Å². The van der Waals surface area contributed by atoms with Gasteiger partial charge in [-0.05, 0) is 36.6 Å². The first-order valence-corrected chi connectivity index (χ1v) is 7.92. The highest BCUT2D eigenvalue weighted by Gasteiger charge is 2.37. The average molecular weight is 383 g/mol. The zero-order valence-corrected chi connectivity index (χ0v) is 14.0. The van der Waals surface area contributed by atoms with Crippen LogP contribution in [0, 0.1) is 0 Å². The van der Waals surface area contributed by atoms with Crippen LogP contribution in [0.1, 0.15) is 29.5 Å². The lowest BCUT2D eigenvalue weighted by molar-refractivity contribution is -0.143. The predicted octanol–water partition coefficient (Wildman–Crippen LogP) is 3.70. The number of hydrogen-bond donors (Lipinski definition) is 1. The molecule has 0 atom stereocenters. The van der Waals surface area contributed by atoms with Gasteiger partial charge in [-0.3, -0.25) is 0 Å². The largest absolute Gasteiger partial charge is 0.416 e. The molecule has 0 radical (unpaired) electrons. The van der Waals surface area contributed by atoms with Crippen LogP contribution in [0.2, 0.25) is 0 Å². The van der Waals surface area contributed by atoms with Crippen molar-refractivity contribution in [2.24, 2.45) is 5.73 Å². The lowest BCUT2D eigenvalue weighted by Gasteiger charge is -2.33. The highest BCUT2D eigenvalue weighted by molar-refractivity contribution is 5.74. The Morgan fingerprint density at radius 2 is 1.54 bits per heavy atom. The minimum Gasteiger partial charge on any atom is -0.328 e. The topological polar surface area (TPSA) is 49.6 Å². The summed E-state index contributed by atoms with van der Waals surface area (Å²) >= 11 is 0. The number of halogens is 6. The second kappa shape index (κ2) is 7.34. The van der Waals surface area contributed by atoms with Gasteiger partial charge in [-0.25, -0.2) is 4.79 Å². The molecule has 1 saturated heterocycles. The van der Waals surface area contributed by atoms with Crippen LogP contribution in [-0.4, -0.2) is 42.0 Å². The Balaban J connectivity index is 2.20. The molecule has 10 heteroatoms. The van der Waals surface area contributed by atoms with Crippen molar-refractivity contribution >= 4 is 6.03 Å². The lowest BCUT2D eigenvalue weighted by atomic mass is 10.0. The van der Waals surface area contributed by atoms with Gasteiger partial charge in [-0.2, -0.15) is 26.3 Å². The number of benzene rings is 1. The molecule has 0 aliphatic carbocycles. The SMILES string of the molecule is CN(Cc1cc(C(F)(F)F)cc(C(F)(F)F)c1)C(=O)N1CCC(N)CC1. The van der Waals surface area contributed by atoms with Crippen LogP contribution in [0.3, 0.4) is 0 Å². The molecule has 0 bridgehead atoms. The monoisotopic (exact) mass is 383 g/mol. The number of likely N-dealkylation sites (tertiary alicyclic amines) is 1. The fourth-order valence-corrected chi connectivity index (χ4v) is 2.78. The number of alkyl halides is 6. The van der Waals surface area contributed by atoms with Crippen molar-refractivity contribution in [3.05, 3.63) is 34.9 Å². The van der Waals surface area contributed by atoms with Crippen LogP contribution in [0.25, 0.3) is 0 Å². The second-order valence-corrected chi connectivity index (χ2v) is 6.38. The summed E-state index contributed by atoms with van der Waals surface area (Å²) in [6.07, 6.45) is -8.63. The number of nitrogens with zero attached hydrogens (tertiary/aromatic N) is 2. The van der Waals surface area contributed by atoms with Crippen molar-refractivity contribution in [1.29, 1.82) is 0 Å². The summed E-state index contributed by atoms with van der Waals surface area (Å²) in [6, 6.07) is 0.859. The third kappa shape index (κ3) is 5.03. The van der Waals surface area contributed by atoms with E-state index in [9.17, 15) is 31.1 Å². The molecule has 146 valence electrons. The zero-order chi connectivity index (χ0) is 19.7. The molecule has 1 aromatic rings. The maximum Gasteiger partial charge on any atom is 0.416 e. The van der Waals surface area contributed by atoms with Gasteiger partial charge in [-0.15, -0.1) is 0 Å². The van der Waals surface area contributed by atoms with Crippen molar-refractivity contribution in [3.8, 4) is 0 Å². The summed E-state index contributed by atoms with van der Waals surface area (Å²) in [6.45, 7) is 0.440. The Morgan fingerprint density at radius 1 is 1.08 bits per heavy atom. The van der Waals surface area contributed by atoms with Crippen LogP contribution >= 0.6 is 0 Å². The molecule has 0 unspecified atom stereocenters. The van der Waals surface area contributed by atoms with E-state index in [1.165, 1.54) is 11.9 Å². The molecular formula is C16H19F6N3O. The molecule has 0 saturated carbocycles. The quantitative estimate of drug-likeness (QED) is 0.792. The maximum atomic E-state index is 12.9. The summed E-state index contributed by atoms with van der Waals surface area (Å²) < 4.78 is 77.3. The second-order valence-electron chi connectivity index (χ2n) is 6.38. The molecule has 1 heterocycles. The molecule has 2 amide bonds. The number of nitrogens with two attached hydrogens (primary N) is 1. The Labute approximate surface area is 146 Å². The Kier molecular flexibility index (Phi) is 5.74. The highest BCUT2D eigenvalue weighted by atomic mass is 19.4. The fourth-order valence-electron chi connectivity index (χ4n) is 2.78. The predicted molar refractivity (Wildman–Crippen MR) is 82.1 cm³/mol. The number of rotatable bonds is 2. The van der Waals surface area contributed by atoms with Gasteiger partial charge in [0, 0.05) is 32.7 Å². The van der Waals surface area contributed by atoms with Crippen LogP contribution in [0.15, 0.2) is 18.2 Å². The maximum absolute atomic E-state index is 12.9. The first-order chi connectivity index (χ1) is 11.9. The van der Waals surface area contributed by atoms with E-state index in [0.717, 1.165) is 4.90 Å². The number of carbonyl (C=O) groups excluding carboxylic acids is 1. The zero-order valence-electron chi connectivity index (χ0n) is 14.0. The van der Waals surface area contributed by atoms with E-state index in [0.29, 0.717) is 38.1 Å². The minimum atomic E-state index is -4.92. The molecule has 1 aliphatic heterocycles. The molecule has 4 nitrogen and oxygen atoms in total. The number of amides is 2. The van der Waals surface area contributed by atoms with Gasteiger partial charge in [0.25, 0.3) is 0 Å². The van der Waals surface area contributed by atoms with Gasteiger partial charge >= 0.3 is 18.4 Å². The van der Waals surface area contributed by atoms with Crippen molar-refractivity contribution < 1.29 is 31.1 Å². The van der Waals surface area contributed by atoms with Crippen LogP contribution in [-0.2, 0) is 18.9 Å². The van der Waals surface area contributed by atoms with E-state index in [4.69, 9.17) is 5.73 Å². The molecule has 1 aliphatic rings. The summed E-state index contributed by atoms with van der Waals surface area (Å²) in [5.41, 5.74) is 2.72. The van der Waals surface area contributed by atoms with Crippen LogP contribution in [0.5, 0.6) is 0 Å².